The van der Waals surface area contributed by atoms with Gasteiger partial charge >= 0.3 is 5.97 Å². The molecule has 0 bridgehead atoms. The van der Waals surface area contributed by atoms with E-state index in [1.165, 1.54) is 7.11 Å². The third-order valence-corrected chi connectivity index (χ3v) is 3.86. The molecule has 2 N–H and O–H groups in total. The fourth-order valence-corrected chi connectivity index (χ4v) is 2.76. The summed E-state index contributed by atoms with van der Waals surface area (Å²) in [7, 11) is 1.36. The van der Waals surface area contributed by atoms with E-state index in [1.54, 1.807) is 4.90 Å². The van der Waals surface area contributed by atoms with Gasteiger partial charge in [-0.15, -0.1) is 0 Å². The van der Waals surface area contributed by atoms with Gasteiger partial charge < -0.3 is 15.4 Å². The first kappa shape index (κ1) is 17.0. The summed E-state index contributed by atoms with van der Waals surface area (Å²) in [5.74, 6) is 0.0554. The lowest BCUT2D eigenvalue weighted by molar-refractivity contribution is -0.143. The Morgan fingerprint density at radius 3 is 2.35 bits per heavy atom. The molecular formula is C15H28N2O3. The molecule has 0 unspecified atom stereocenters. The smallest absolute Gasteiger partial charge is 0.307 e. The third-order valence-electron chi connectivity index (χ3n) is 3.86. The van der Waals surface area contributed by atoms with Crippen LogP contribution in [0.3, 0.4) is 0 Å². The van der Waals surface area contributed by atoms with Gasteiger partial charge in [0, 0.05) is 13.1 Å². The van der Waals surface area contributed by atoms with E-state index in [-0.39, 0.29) is 18.3 Å². The predicted molar refractivity (Wildman–Crippen MR) is 78.1 cm³/mol. The van der Waals surface area contributed by atoms with Crippen molar-refractivity contribution < 1.29 is 14.3 Å². The van der Waals surface area contributed by atoms with Crippen LogP contribution in [0.4, 0.5) is 0 Å². The number of rotatable bonds is 6. The molecule has 20 heavy (non-hydrogen) atoms. The lowest BCUT2D eigenvalue weighted by Gasteiger charge is -2.37. The first-order valence-electron chi connectivity index (χ1n) is 7.54. The van der Waals surface area contributed by atoms with Crippen LogP contribution in [0.2, 0.25) is 0 Å². The second-order valence-electron chi connectivity index (χ2n) is 6.19. The number of amides is 1. The van der Waals surface area contributed by atoms with Crippen LogP contribution in [-0.2, 0) is 14.3 Å². The first-order chi connectivity index (χ1) is 9.39. The molecule has 0 heterocycles. The summed E-state index contributed by atoms with van der Waals surface area (Å²) in [5, 5.41) is 0. The zero-order chi connectivity index (χ0) is 15.2. The van der Waals surface area contributed by atoms with Crippen LogP contribution in [0.15, 0.2) is 0 Å². The Morgan fingerprint density at radius 2 is 1.85 bits per heavy atom. The number of esters is 1. The molecule has 5 heteroatoms. The number of ether oxygens (including phenoxy) is 1. The molecule has 1 amide bonds. The van der Waals surface area contributed by atoms with Crippen LogP contribution >= 0.6 is 0 Å². The van der Waals surface area contributed by atoms with Crippen molar-refractivity contribution in [2.24, 2.45) is 11.7 Å². The number of hydrogen-bond acceptors (Lipinski definition) is 4. The van der Waals surface area contributed by atoms with Gasteiger partial charge in [0.2, 0.25) is 5.91 Å². The summed E-state index contributed by atoms with van der Waals surface area (Å²) >= 11 is 0. The molecule has 1 rings (SSSR count). The van der Waals surface area contributed by atoms with Crippen molar-refractivity contribution >= 4 is 11.9 Å². The molecule has 5 nitrogen and oxygen atoms in total. The summed E-state index contributed by atoms with van der Waals surface area (Å²) in [4.78, 5) is 25.7. The number of nitrogens with two attached hydrogens (primary N) is 1. The summed E-state index contributed by atoms with van der Waals surface area (Å²) in [5.41, 5.74) is 5.58. The number of methoxy groups -OCH3 is 1. The highest BCUT2D eigenvalue weighted by molar-refractivity contribution is 5.86. The van der Waals surface area contributed by atoms with Gasteiger partial charge in [-0.05, 0) is 18.8 Å². The van der Waals surface area contributed by atoms with Crippen LogP contribution in [0.5, 0.6) is 0 Å². The Balaban J connectivity index is 2.70. The number of hydrogen-bond donors (Lipinski definition) is 1. The number of nitrogens with zero attached hydrogens (tertiary/aromatic N) is 1. The van der Waals surface area contributed by atoms with Gasteiger partial charge in [0.1, 0.15) is 0 Å². The van der Waals surface area contributed by atoms with Gasteiger partial charge in [-0.2, -0.15) is 0 Å². The molecule has 0 spiro atoms. The maximum absolute atomic E-state index is 12.7. The van der Waals surface area contributed by atoms with Crippen LogP contribution in [-0.4, -0.2) is 42.5 Å². The van der Waals surface area contributed by atoms with E-state index >= 15 is 0 Å². The summed E-state index contributed by atoms with van der Waals surface area (Å²) < 4.78 is 4.65. The van der Waals surface area contributed by atoms with Gasteiger partial charge in [0.05, 0.1) is 19.1 Å². The van der Waals surface area contributed by atoms with E-state index in [0.29, 0.717) is 19.0 Å². The van der Waals surface area contributed by atoms with Crippen LogP contribution in [0.1, 0.15) is 52.4 Å². The second kappa shape index (κ2) is 7.62. The molecule has 0 radical (unpaired) electrons. The first-order valence-corrected chi connectivity index (χ1v) is 7.54. The zero-order valence-corrected chi connectivity index (χ0v) is 13.0. The van der Waals surface area contributed by atoms with Crippen molar-refractivity contribution in [3.8, 4) is 0 Å². The van der Waals surface area contributed by atoms with E-state index in [2.05, 4.69) is 18.6 Å². The normalized spacial score (nSPS) is 17.9. The lowest BCUT2D eigenvalue weighted by atomic mass is 9.81. The molecule has 0 saturated heterocycles. The molecule has 0 aromatic carbocycles. The molecule has 1 fully saturated rings. The Hall–Kier alpha value is -1.10. The highest BCUT2D eigenvalue weighted by Crippen LogP contribution is 2.28. The van der Waals surface area contributed by atoms with Crippen LogP contribution in [0.25, 0.3) is 0 Å². The Kier molecular flexibility index (Phi) is 6.46. The Labute approximate surface area is 121 Å². The van der Waals surface area contributed by atoms with Gasteiger partial charge in [-0.25, -0.2) is 0 Å². The second-order valence-corrected chi connectivity index (χ2v) is 6.19. The minimum atomic E-state index is -0.733. The van der Waals surface area contributed by atoms with Crippen molar-refractivity contribution in [3.63, 3.8) is 0 Å². The molecule has 1 saturated carbocycles. The SMILES string of the molecule is COC(=O)CCN(CC(C)C)C(=O)C1(N)CCCCC1. The van der Waals surface area contributed by atoms with Gasteiger partial charge in [-0.1, -0.05) is 33.1 Å². The van der Waals surface area contributed by atoms with Crippen LogP contribution < -0.4 is 5.73 Å². The zero-order valence-electron chi connectivity index (χ0n) is 13.0. The van der Waals surface area contributed by atoms with E-state index in [1.807, 2.05) is 0 Å². The van der Waals surface area contributed by atoms with Crippen molar-refractivity contribution in [1.29, 1.82) is 0 Å². The van der Waals surface area contributed by atoms with E-state index < -0.39 is 5.54 Å². The maximum atomic E-state index is 12.7. The van der Waals surface area contributed by atoms with Gasteiger partial charge in [0.25, 0.3) is 0 Å². The minimum Gasteiger partial charge on any atom is -0.469 e. The monoisotopic (exact) mass is 284 g/mol. The maximum Gasteiger partial charge on any atom is 0.307 e. The Morgan fingerprint density at radius 1 is 1.25 bits per heavy atom. The van der Waals surface area contributed by atoms with Crippen molar-refractivity contribution in [2.75, 3.05) is 20.2 Å². The van der Waals surface area contributed by atoms with Gasteiger partial charge in [0.15, 0.2) is 0 Å². The molecule has 0 aromatic heterocycles. The number of carbonyl (C=O) groups is 2. The topological polar surface area (TPSA) is 72.6 Å². The Bertz CT molecular complexity index is 336. The van der Waals surface area contributed by atoms with Crippen molar-refractivity contribution in [1.82, 2.24) is 4.90 Å². The third kappa shape index (κ3) is 4.78. The molecule has 0 aromatic rings. The standard InChI is InChI=1S/C15H28N2O3/c1-12(2)11-17(10-7-13(18)20-3)14(19)15(16)8-5-4-6-9-15/h12H,4-11,16H2,1-3H3. The summed E-state index contributed by atoms with van der Waals surface area (Å²) in [6, 6.07) is 0. The summed E-state index contributed by atoms with van der Waals surface area (Å²) in [6.45, 7) is 5.14. The molecular weight excluding hydrogens is 256 g/mol. The molecule has 0 aliphatic heterocycles. The fraction of sp³-hybridized carbons (Fsp3) is 0.867. The highest BCUT2D eigenvalue weighted by atomic mass is 16.5. The fourth-order valence-electron chi connectivity index (χ4n) is 2.76. The van der Waals surface area contributed by atoms with Crippen LogP contribution in [0, 0.1) is 5.92 Å². The van der Waals surface area contributed by atoms with Crippen molar-refractivity contribution in [3.05, 3.63) is 0 Å². The molecule has 116 valence electrons. The molecule has 1 aliphatic carbocycles. The summed E-state index contributed by atoms with van der Waals surface area (Å²) in [6.07, 6.45) is 4.89. The average Bonchev–Trinajstić information content (AvgIpc) is 2.42. The molecule has 0 atom stereocenters. The van der Waals surface area contributed by atoms with E-state index in [9.17, 15) is 9.59 Å². The van der Waals surface area contributed by atoms with E-state index in [0.717, 1.165) is 32.1 Å². The van der Waals surface area contributed by atoms with Crippen molar-refractivity contribution in [2.45, 2.75) is 57.9 Å². The van der Waals surface area contributed by atoms with Gasteiger partial charge in [-0.3, -0.25) is 9.59 Å². The molecule has 1 aliphatic rings. The predicted octanol–water partition coefficient (Wildman–Crippen LogP) is 1.70. The minimum absolute atomic E-state index is 0.00481. The highest BCUT2D eigenvalue weighted by Gasteiger charge is 2.38. The number of carbonyl (C=O) groups excluding carboxylic acids is 2. The van der Waals surface area contributed by atoms with E-state index in [4.69, 9.17) is 5.73 Å². The quantitative estimate of drug-likeness (QED) is 0.753. The largest absolute Gasteiger partial charge is 0.469 e. The average molecular weight is 284 g/mol. The lowest BCUT2D eigenvalue weighted by Crippen LogP contribution is -2.57.